The van der Waals surface area contributed by atoms with Crippen molar-refractivity contribution in [2.75, 3.05) is 0 Å². The third-order valence-electron chi connectivity index (χ3n) is 6.73. The summed E-state index contributed by atoms with van der Waals surface area (Å²) >= 11 is 0. The molecule has 34 heavy (non-hydrogen) atoms. The minimum Gasteiger partial charge on any atom is -0.390 e. The predicted molar refractivity (Wildman–Crippen MR) is 135 cm³/mol. The van der Waals surface area contributed by atoms with Gasteiger partial charge in [-0.2, -0.15) is 5.10 Å². The summed E-state index contributed by atoms with van der Waals surface area (Å²) in [4.78, 5) is 5.05. The number of hydrogen-bond acceptors (Lipinski definition) is 4. The maximum absolute atomic E-state index is 10.2. The largest absolute Gasteiger partial charge is 0.390 e. The third-order valence-corrected chi connectivity index (χ3v) is 6.73. The average molecular weight is 447 g/mol. The number of nitrogens with two attached hydrogens (primary N) is 1. The lowest BCUT2D eigenvalue weighted by Crippen LogP contribution is -2.58. The van der Waals surface area contributed by atoms with Gasteiger partial charge in [0, 0.05) is 34.5 Å². The molecule has 6 rings (SSSR count). The molecule has 5 nitrogen and oxygen atoms in total. The van der Waals surface area contributed by atoms with E-state index in [4.69, 9.17) is 15.8 Å². The van der Waals surface area contributed by atoms with Crippen molar-refractivity contribution in [2.24, 2.45) is 5.73 Å². The van der Waals surface area contributed by atoms with E-state index in [1.165, 1.54) is 0 Å². The minimum atomic E-state index is -0.682. The Morgan fingerprint density at radius 2 is 1.44 bits per heavy atom. The lowest BCUT2D eigenvalue weighted by Gasteiger charge is -2.49. The van der Waals surface area contributed by atoms with Gasteiger partial charge in [0.1, 0.15) is 0 Å². The molecule has 0 spiro atoms. The van der Waals surface area contributed by atoms with E-state index in [-0.39, 0.29) is 0 Å². The van der Waals surface area contributed by atoms with Gasteiger partial charge in [-0.3, -0.25) is 0 Å². The van der Waals surface area contributed by atoms with Gasteiger partial charge in [0.05, 0.1) is 17.0 Å². The first kappa shape index (κ1) is 20.8. The van der Waals surface area contributed by atoms with Gasteiger partial charge in [-0.25, -0.2) is 9.50 Å². The Bertz CT molecular complexity index is 1460. The maximum Gasteiger partial charge on any atom is 0.156 e. The predicted octanol–water partition coefficient (Wildman–Crippen LogP) is 5.43. The van der Waals surface area contributed by atoms with Crippen molar-refractivity contribution in [3.05, 3.63) is 103 Å². The molecule has 0 aliphatic heterocycles. The van der Waals surface area contributed by atoms with Crippen molar-refractivity contribution in [1.82, 2.24) is 14.6 Å². The highest BCUT2D eigenvalue weighted by Crippen LogP contribution is 2.46. The molecule has 1 aliphatic rings. The summed E-state index contributed by atoms with van der Waals surface area (Å²) in [6, 6.07) is 30.7. The van der Waals surface area contributed by atoms with E-state index >= 15 is 0 Å². The molecule has 0 saturated heterocycles. The smallest absolute Gasteiger partial charge is 0.156 e. The summed E-state index contributed by atoms with van der Waals surface area (Å²) < 4.78 is 1.86. The van der Waals surface area contributed by atoms with Crippen LogP contribution in [0.4, 0.5) is 0 Å². The molecule has 0 amide bonds. The number of hydrogen-bond donors (Lipinski definition) is 2. The second kappa shape index (κ2) is 7.62. The van der Waals surface area contributed by atoms with Gasteiger partial charge < -0.3 is 10.8 Å². The van der Waals surface area contributed by atoms with Crippen LogP contribution >= 0.6 is 0 Å². The number of nitrogens with zero attached hydrogens (tertiary/aromatic N) is 3. The fourth-order valence-electron chi connectivity index (χ4n) is 5.19. The highest BCUT2D eigenvalue weighted by molar-refractivity contribution is 5.82. The van der Waals surface area contributed by atoms with Crippen LogP contribution in [0.15, 0.2) is 97.2 Å². The highest BCUT2D eigenvalue weighted by atomic mass is 16.3. The molecule has 0 bridgehead atoms. The summed E-state index contributed by atoms with van der Waals surface area (Å²) in [5, 5.41) is 15.0. The van der Waals surface area contributed by atoms with E-state index in [1.807, 2.05) is 53.9 Å². The zero-order valence-corrected chi connectivity index (χ0v) is 19.0. The standard InChI is InChI=1S/C29H26N4O/c1-28(34)18-29(30,19-28)23-14-12-22(13-15-23)27-24(20-8-4-2-5-9-20)17-33-26(31-27)16-25(32-33)21-10-6-3-7-11-21/h2-17,34H,18-19,30H2,1H3. The Morgan fingerprint density at radius 1 is 0.824 bits per heavy atom. The van der Waals surface area contributed by atoms with E-state index in [0.717, 1.165) is 44.9 Å². The van der Waals surface area contributed by atoms with Crippen molar-refractivity contribution in [1.29, 1.82) is 0 Å². The first-order valence-corrected chi connectivity index (χ1v) is 11.5. The van der Waals surface area contributed by atoms with Crippen molar-refractivity contribution >= 4 is 5.65 Å². The molecule has 3 aromatic carbocycles. The number of rotatable bonds is 4. The van der Waals surface area contributed by atoms with Crippen LogP contribution in [0.2, 0.25) is 0 Å². The Balaban J connectivity index is 1.46. The van der Waals surface area contributed by atoms with Gasteiger partial charge in [0.15, 0.2) is 5.65 Å². The Hall–Kier alpha value is -3.80. The molecular weight excluding hydrogens is 420 g/mol. The summed E-state index contributed by atoms with van der Waals surface area (Å²) in [6.07, 6.45) is 3.19. The quantitative estimate of drug-likeness (QED) is 0.386. The first-order valence-electron chi connectivity index (χ1n) is 11.5. The van der Waals surface area contributed by atoms with Crippen LogP contribution < -0.4 is 5.73 Å². The van der Waals surface area contributed by atoms with E-state index in [2.05, 4.69) is 54.7 Å². The van der Waals surface area contributed by atoms with Gasteiger partial charge in [-0.05, 0) is 30.9 Å². The second-order valence-electron chi connectivity index (χ2n) is 9.65. The molecule has 2 aromatic heterocycles. The summed E-state index contributed by atoms with van der Waals surface area (Å²) in [5.74, 6) is 0. The van der Waals surface area contributed by atoms with Crippen molar-refractivity contribution in [2.45, 2.75) is 30.9 Å². The van der Waals surface area contributed by atoms with Gasteiger partial charge in [-0.1, -0.05) is 84.9 Å². The lowest BCUT2D eigenvalue weighted by atomic mass is 9.63. The second-order valence-corrected chi connectivity index (χ2v) is 9.65. The highest BCUT2D eigenvalue weighted by Gasteiger charge is 2.49. The van der Waals surface area contributed by atoms with Crippen LogP contribution in [0.3, 0.4) is 0 Å². The van der Waals surface area contributed by atoms with E-state index in [0.29, 0.717) is 12.8 Å². The molecule has 0 atom stereocenters. The minimum absolute atomic E-state index is 0.474. The Labute approximate surface area is 198 Å². The van der Waals surface area contributed by atoms with Crippen molar-refractivity contribution in [3.63, 3.8) is 0 Å². The molecule has 0 radical (unpaired) electrons. The zero-order valence-electron chi connectivity index (χ0n) is 19.0. The Morgan fingerprint density at radius 3 is 2.06 bits per heavy atom. The van der Waals surface area contributed by atoms with Crippen LogP contribution in [0.5, 0.6) is 0 Å². The topological polar surface area (TPSA) is 76.4 Å². The van der Waals surface area contributed by atoms with Crippen LogP contribution in [0, 0.1) is 0 Å². The molecule has 0 unspecified atom stereocenters. The van der Waals surface area contributed by atoms with Crippen molar-refractivity contribution < 1.29 is 5.11 Å². The van der Waals surface area contributed by atoms with Crippen LogP contribution in [-0.4, -0.2) is 25.3 Å². The lowest BCUT2D eigenvalue weighted by molar-refractivity contribution is -0.0738. The SMILES string of the molecule is CC1(O)CC(N)(c2ccc(-c3nc4cc(-c5ccccc5)nn4cc3-c3ccccc3)cc2)C1. The van der Waals surface area contributed by atoms with E-state index < -0.39 is 11.1 Å². The fraction of sp³-hybridized carbons (Fsp3) is 0.172. The number of benzene rings is 3. The van der Waals surface area contributed by atoms with E-state index in [9.17, 15) is 5.11 Å². The maximum atomic E-state index is 10.2. The van der Waals surface area contributed by atoms with E-state index in [1.54, 1.807) is 0 Å². The van der Waals surface area contributed by atoms with Gasteiger partial charge in [-0.15, -0.1) is 0 Å². The van der Waals surface area contributed by atoms with Gasteiger partial charge >= 0.3 is 0 Å². The molecular formula is C29H26N4O. The van der Waals surface area contributed by atoms with Crippen LogP contribution in [0.1, 0.15) is 25.3 Å². The van der Waals surface area contributed by atoms with Crippen molar-refractivity contribution in [3.8, 4) is 33.6 Å². The summed E-state index contributed by atoms with van der Waals surface area (Å²) in [5.41, 5.74) is 13.2. The third kappa shape index (κ3) is 3.59. The number of aromatic nitrogens is 3. The van der Waals surface area contributed by atoms with Gasteiger partial charge in [0.25, 0.3) is 0 Å². The van der Waals surface area contributed by atoms with Gasteiger partial charge in [0.2, 0.25) is 0 Å². The zero-order chi connectivity index (χ0) is 23.3. The average Bonchev–Trinajstić information content (AvgIpc) is 3.26. The van der Waals surface area contributed by atoms with Crippen LogP contribution in [0.25, 0.3) is 39.3 Å². The fourth-order valence-corrected chi connectivity index (χ4v) is 5.19. The molecule has 2 heterocycles. The number of fused-ring (bicyclic) bond motifs is 1. The summed E-state index contributed by atoms with van der Waals surface area (Å²) in [6.45, 7) is 1.84. The molecule has 3 N–H and O–H groups in total. The first-order chi connectivity index (χ1) is 16.4. The number of aliphatic hydroxyl groups is 1. The van der Waals surface area contributed by atoms with Crippen LogP contribution in [-0.2, 0) is 5.54 Å². The molecule has 5 aromatic rings. The molecule has 1 fully saturated rings. The monoisotopic (exact) mass is 446 g/mol. The summed E-state index contributed by atoms with van der Waals surface area (Å²) in [7, 11) is 0. The molecule has 1 aliphatic carbocycles. The normalized spacial score (nSPS) is 22.0. The molecule has 168 valence electrons. The molecule has 5 heteroatoms. The molecule has 1 saturated carbocycles. The Kier molecular flexibility index (Phi) is 4.66.